The first-order valence-corrected chi connectivity index (χ1v) is 8.20. The standard InChI is InChI=1S/C18H28N2O.ClH/c1-15-9-4-5-10-16(15)18(11-6-3-7-12-18)17(21)20-14-8-13-19-2;/h4-5,9-10,19H,3,6-8,11-14H2,1-2H3,(H,20,21);1H. The summed E-state index contributed by atoms with van der Waals surface area (Å²) < 4.78 is 0. The van der Waals surface area contributed by atoms with Crippen LogP contribution >= 0.6 is 12.4 Å². The van der Waals surface area contributed by atoms with Gasteiger partial charge in [0, 0.05) is 6.54 Å². The second-order valence-electron chi connectivity index (χ2n) is 6.17. The molecule has 0 saturated heterocycles. The van der Waals surface area contributed by atoms with Gasteiger partial charge in [-0.05, 0) is 50.9 Å². The lowest BCUT2D eigenvalue weighted by molar-refractivity contribution is -0.128. The first kappa shape index (κ1) is 19.0. The molecular formula is C18H29ClN2O. The average Bonchev–Trinajstić information content (AvgIpc) is 2.52. The van der Waals surface area contributed by atoms with Crippen LogP contribution in [0, 0.1) is 6.92 Å². The van der Waals surface area contributed by atoms with E-state index in [-0.39, 0.29) is 23.7 Å². The summed E-state index contributed by atoms with van der Waals surface area (Å²) in [7, 11) is 1.94. The molecular weight excluding hydrogens is 296 g/mol. The van der Waals surface area contributed by atoms with Crippen LogP contribution in [0.2, 0.25) is 0 Å². The van der Waals surface area contributed by atoms with Crippen LogP contribution in [0.4, 0.5) is 0 Å². The van der Waals surface area contributed by atoms with Gasteiger partial charge in [0.2, 0.25) is 5.91 Å². The Bertz CT molecular complexity index is 470. The molecule has 1 amide bonds. The zero-order valence-electron chi connectivity index (χ0n) is 13.8. The van der Waals surface area contributed by atoms with Crippen LogP contribution in [0.3, 0.4) is 0 Å². The fraction of sp³-hybridized carbons (Fsp3) is 0.611. The van der Waals surface area contributed by atoms with Crippen LogP contribution < -0.4 is 10.6 Å². The number of halogens is 1. The Morgan fingerprint density at radius 1 is 1.14 bits per heavy atom. The average molecular weight is 325 g/mol. The van der Waals surface area contributed by atoms with E-state index in [0.29, 0.717) is 0 Å². The highest BCUT2D eigenvalue weighted by Crippen LogP contribution is 2.41. The second kappa shape index (κ2) is 9.16. The van der Waals surface area contributed by atoms with Crippen molar-refractivity contribution in [1.29, 1.82) is 0 Å². The number of aryl methyl sites for hydroxylation is 1. The molecule has 0 radical (unpaired) electrons. The maximum Gasteiger partial charge on any atom is 0.230 e. The van der Waals surface area contributed by atoms with Gasteiger partial charge in [-0.25, -0.2) is 0 Å². The minimum atomic E-state index is -0.302. The summed E-state index contributed by atoms with van der Waals surface area (Å²) in [5.74, 6) is 0.229. The largest absolute Gasteiger partial charge is 0.355 e. The number of carbonyl (C=O) groups is 1. The van der Waals surface area contributed by atoms with E-state index in [4.69, 9.17) is 0 Å². The summed E-state index contributed by atoms with van der Waals surface area (Å²) in [6, 6.07) is 8.39. The Hall–Kier alpha value is -1.06. The van der Waals surface area contributed by atoms with Gasteiger partial charge in [-0.15, -0.1) is 12.4 Å². The lowest BCUT2D eigenvalue weighted by Crippen LogP contribution is -2.46. The van der Waals surface area contributed by atoms with Gasteiger partial charge in [-0.1, -0.05) is 43.5 Å². The number of amides is 1. The Kier molecular flexibility index (Phi) is 7.91. The van der Waals surface area contributed by atoms with Crippen molar-refractivity contribution in [2.24, 2.45) is 0 Å². The van der Waals surface area contributed by atoms with E-state index in [1.54, 1.807) is 0 Å². The van der Waals surface area contributed by atoms with E-state index in [2.05, 4.69) is 41.8 Å². The van der Waals surface area contributed by atoms with Gasteiger partial charge >= 0.3 is 0 Å². The molecule has 1 saturated carbocycles. The van der Waals surface area contributed by atoms with Crippen molar-refractivity contribution in [1.82, 2.24) is 10.6 Å². The number of hydrogen-bond donors (Lipinski definition) is 2. The molecule has 0 atom stereocenters. The van der Waals surface area contributed by atoms with Gasteiger partial charge in [0.05, 0.1) is 5.41 Å². The highest BCUT2D eigenvalue weighted by Gasteiger charge is 2.41. The normalized spacial score (nSPS) is 16.6. The van der Waals surface area contributed by atoms with Crippen LogP contribution in [0.15, 0.2) is 24.3 Å². The molecule has 1 aliphatic carbocycles. The van der Waals surface area contributed by atoms with Crippen molar-refractivity contribution >= 4 is 18.3 Å². The molecule has 3 nitrogen and oxygen atoms in total. The third-order valence-corrected chi connectivity index (χ3v) is 4.69. The third kappa shape index (κ3) is 4.23. The lowest BCUT2D eigenvalue weighted by Gasteiger charge is -2.37. The molecule has 0 aromatic heterocycles. The number of benzene rings is 1. The molecule has 1 aliphatic rings. The number of carbonyl (C=O) groups excluding carboxylic acids is 1. The molecule has 1 aromatic carbocycles. The lowest BCUT2D eigenvalue weighted by atomic mass is 9.67. The van der Waals surface area contributed by atoms with E-state index in [1.165, 1.54) is 17.5 Å². The van der Waals surface area contributed by atoms with E-state index in [0.717, 1.165) is 45.2 Å². The summed E-state index contributed by atoms with van der Waals surface area (Å²) in [5, 5.41) is 6.29. The molecule has 124 valence electrons. The van der Waals surface area contributed by atoms with E-state index in [1.807, 2.05) is 7.05 Å². The predicted octanol–water partition coefficient (Wildman–Crippen LogP) is 3.34. The molecule has 0 aliphatic heterocycles. The predicted molar refractivity (Wildman–Crippen MR) is 94.7 cm³/mol. The summed E-state index contributed by atoms with van der Waals surface area (Å²) in [5.41, 5.74) is 2.17. The number of nitrogens with one attached hydrogen (secondary N) is 2. The quantitative estimate of drug-likeness (QED) is 0.788. The molecule has 1 fully saturated rings. The van der Waals surface area contributed by atoms with Crippen LogP contribution in [0.5, 0.6) is 0 Å². The summed E-state index contributed by atoms with van der Waals surface area (Å²) in [6.45, 7) is 3.82. The second-order valence-corrected chi connectivity index (χ2v) is 6.17. The first-order valence-electron chi connectivity index (χ1n) is 8.20. The van der Waals surface area contributed by atoms with Gasteiger partial charge < -0.3 is 10.6 Å². The van der Waals surface area contributed by atoms with Gasteiger partial charge in [-0.3, -0.25) is 4.79 Å². The zero-order valence-corrected chi connectivity index (χ0v) is 14.6. The van der Waals surface area contributed by atoms with Crippen molar-refractivity contribution in [3.63, 3.8) is 0 Å². The fourth-order valence-electron chi connectivity index (χ4n) is 3.52. The number of hydrogen-bond acceptors (Lipinski definition) is 2. The fourth-order valence-corrected chi connectivity index (χ4v) is 3.52. The smallest absolute Gasteiger partial charge is 0.230 e. The zero-order chi connectivity index (χ0) is 15.1. The summed E-state index contributed by atoms with van der Waals surface area (Å²) >= 11 is 0. The molecule has 0 heterocycles. The van der Waals surface area contributed by atoms with Crippen LogP contribution in [0.25, 0.3) is 0 Å². The SMILES string of the molecule is CNCCCNC(=O)C1(c2ccccc2C)CCCCC1.Cl. The molecule has 1 aromatic rings. The van der Waals surface area contributed by atoms with Crippen LogP contribution in [0.1, 0.15) is 49.7 Å². The molecule has 0 bridgehead atoms. The molecule has 0 spiro atoms. The molecule has 2 N–H and O–H groups in total. The van der Waals surface area contributed by atoms with Crippen molar-refractivity contribution in [2.45, 2.75) is 50.9 Å². The highest BCUT2D eigenvalue weighted by molar-refractivity contribution is 5.88. The summed E-state index contributed by atoms with van der Waals surface area (Å²) in [4.78, 5) is 12.9. The van der Waals surface area contributed by atoms with Crippen LogP contribution in [-0.4, -0.2) is 26.0 Å². The molecule has 0 unspecified atom stereocenters. The monoisotopic (exact) mass is 324 g/mol. The minimum absolute atomic E-state index is 0. The van der Waals surface area contributed by atoms with Gasteiger partial charge in [0.1, 0.15) is 0 Å². The van der Waals surface area contributed by atoms with Crippen molar-refractivity contribution in [2.75, 3.05) is 20.1 Å². The van der Waals surface area contributed by atoms with E-state index in [9.17, 15) is 4.79 Å². The van der Waals surface area contributed by atoms with Gasteiger partial charge in [0.15, 0.2) is 0 Å². The van der Waals surface area contributed by atoms with Crippen molar-refractivity contribution in [3.05, 3.63) is 35.4 Å². The third-order valence-electron chi connectivity index (χ3n) is 4.69. The number of rotatable bonds is 6. The highest BCUT2D eigenvalue weighted by atomic mass is 35.5. The first-order chi connectivity index (χ1) is 10.2. The van der Waals surface area contributed by atoms with Crippen molar-refractivity contribution < 1.29 is 4.79 Å². The topological polar surface area (TPSA) is 41.1 Å². The van der Waals surface area contributed by atoms with Gasteiger partial charge in [0.25, 0.3) is 0 Å². The maximum absolute atomic E-state index is 12.9. The van der Waals surface area contributed by atoms with Crippen LogP contribution in [-0.2, 0) is 10.2 Å². The molecule has 22 heavy (non-hydrogen) atoms. The maximum atomic E-state index is 12.9. The van der Waals surface area contributed by atoms with Gasteiger partial charge in [-0.2, -0.15) is 0 Å². The van der Waals surface area contributed by atoms with E-state index >= 15 is 0 Å². The Morgan fingerprint density at radius 3 is 2.45 bits per heavy atom. The summed E-state index contributed by atoms with van der Waals surface area (Å²) in [6.07, 6.45) is 6.49. The van der Waals surface area contributed by atoms with E-state index < -0.39 is 0 Å². The Labute approximate surface area is 140 Å². The van der Waals surface area contributed by atoms with Crippen molar-refractivity contribution in [3.8, 4) is 0 Å². The Balaban J connectivity index is 0.00000242. The molecule has 4 heteroatoms. The minimum Gasteiger partial charge on any atom is -0.355 e. The molecule has 2 rings (SSSR count). The Morgan fingerprint density at radius 2 is 1.82 bits per heavy atom.